The molecule has 0 spiro atoms. The topological polar surface area (TPSA) is 102 Å². The summed E-state index contributed by atoms with van der Waals surface area (Å²) in [6, 6.07) is 19.3. The molecule has 2 heterocycles. The van der Waals surface area contributed by atoms with Crippen molar-refractivity contribution < 1.29 is 9.59 Å². The molecule has 4 aromatic rings. The predicted molar refractivity (Wildman–Crippen MR) is 179 cm³/mol. The van der Waals surface area contributed by atoms with Gasteiger partial charge in [0.1, 0.15) is 11.4 Å². The maximum atomic E-state index is 13.6. The van der Waals surface area contributed by atoms with Crippen molar-refractivity contribution in [2.45, 2.75) is 20.3 Å². The average molecular weight is 610 g/mol. The molecule has 0 radical (unpaired) electrons. The van der Waals surface area contributed by atoms with Crippen LogP contribution in [0, 0.1) is 13.8 Å². The Bertz CT molecular complexity index is 1660. The molecule has 1 saturated heterocycles. The Morgan fingerprint density at radius 2 is 1.73 bits per heavy atom. The number of carbonyl (C=O) groups excluding carboxylic acids is 2. The fourth-order valence-electron chi connectivity index (χ4n) is 5.09. The van der Waals surface area contributed by atoms with Gasteiger partial charge in [0.2, 0.25) is 5.95 Å². The van der Waals surface area contributed by atoms with Gasteiger partial charge in [0.25, 0.3) is 5.91 Å². The first kappa shape index (κ1) is 30.7. The zero-order valence-corrected chi connectivity index (χ0v) is 25.9. The SMILES string of the molecule is C=CC(=O)Cc1ccccc1Nc1nc(Nc2ccc(N3CCN(C)CC3)cc2)ncc1C(=O)Nc1c(C)cc(C)cc1Cl. The first-order valence-corrected chi connectivity index (χ1v) is 14.8. The fraction of sp³-hybridized carbons (Fsp3) is 0.235. The molecule has 9 nitrogen and oxygen atoms in total. The number of hydrogen-bond donors (Lipinski definition) is 3. The Hall–Kier alpha value is -4.73. The molecule has 5 rings (SSSR count). The Morgan fingerprint density at radius 3 is 2.43 bits per heavy atom. The number of aryl methyl sites for hydroxylation is 2. The number of aromatic nitrogens is 2. The highest BCUT2D eigenvalue weighted by Crippen LogP contribution is 2.30. The second-order valence-electron chi connectivity index (χ2n) is 10.9. The van der Waals surface area contributed by atoms with Crippen molar-refractivity contribution in [2.75, 3.05) is 54.1 Å². The highest BCUT2D eigenvalue weighted by atomic mass is 35.5. The Kier molecular flexibility index (Phi) is 9.57. The molecule has 44 heavy (non-hydrogen) atoms. The average Bonchev–Trinajstić information content (AvgIpc) is 3.01. The van der Waals surface area contributed by atoms with E-state index in [9.17, 15) is 9.59 Å². The van der Waals surface area contributed by atoms with Gasteiger partial charge in [0.15, 0.2) is 5.78 Å². The summed E-state index contributed by atoms with van der Waals surface area (Å²) < 4.78 is 0. The smallest absolute Gasteiger partial charge is 0.261 e. The van der Waals surface area contributed by atoms with Crippen LogP contribution in [0.2, 0.25) is 5.02 Å². The summed E-state index contributed by atoms with van der Waals surface area (Å²) in [7, 11) is 2.14. The molecular weight excluding hydrogens is 574 g/mol. The van der Waals surface area contributed by atoms with Gasteiger partial charge in [-0.3, -0.25) is 9.59 Å². The number of carbonyl (C=O) groups is 2. The summed E-state index contributed by atoms with van der Waals surface area (Å²) in [5.41, 5.74) is 5.92. The lowest BCUT2D eigenvalue weighted by Gasteiger charge is -2.34. The van der Waals surface area contributed by atoms with Crippen molar-refractivity contribution in [3.63, 3.8) is 0 Å². The number of halogens is 1. The molecule has 1 aromatic heterocycles. The van der Waals surface area contributed by atoms with Gasteiger partial charge in [0.05, 0.1) is 10.7 Å². The standard InChI is InChI=1S/C34H36ClN7O2/c1-5-27(43)20-24-8-6-7-9-30(24)38-32-28(33(44)39-31-23(3)18-22(2)19-29(31)35)21-36-34(40-32)37-25-10-12-26(13-11-25)42-16-14-41(4)15-17-42/h5-13,18-19,21H,1,14-17,20H2,2-4H3,(H,39,44)(H2,36,37,38,40). The van der Waals surface area contributed by atoms with Gasteiger partial charge in [-0.05, 0) is 80.1 Å². The molecule has 10 heteroatoms. The van der Waals surface area contributed by atoms with E-state index in [1.165, 1.54) is 12.3 Å². The summed E-state index contributed by atoms with van der Waals surface area (Å²) >= 11 is 6.48. The highest BCUT2D eigenvalue weighted by molar-refractivity contribution is 6.34. The van der Waals surface area contributed by atoms with E-state index >= 15 is 0 Å². The molecular formula is C34H36ClN7O2. The van der Waals surface area contributed by atoms with E-state index in [1.807, 2.05) is 56.3 Å². The number of para-hydroxylation sites is 1. The molecule has 3 aromatic carbocycles. The lowest BCUT2D eigenvalue weighted by atomic mass is 10.1. The van der Waals surface area contributed by atoms with E-state index in [0.29, 0.717) is 22.3 Å². The molecule has 226 valence electrons. The van der Waals surface area contributed by atoms with Crippen molar-refractivity contribution in [1.29, 1.82) is 0 Å². The summed E-state index contributed by atoms with van der Waals surface area (Å²) in [5, 5.41) is 9.90. The molecule has 3 N–H and O–H groups in total. The van der Waals surface area contributed by atoms with E-state index in [1.54, 1.807) is 6.07 Å². The molecule has 0 aliphatic carbocycles. The third-order valence-corrected chi connectivity index (χ3v) is 7.86. The molecule has 0 atom stereocenters. The number of amides is 1. The van der Waals surface area contributed by atoms with Crippen molar-refractivity contribution in [2.24, 2.45) is 0 Å². The van der Waals surface area contributed by atoms with E-state index in [0.717, 1.165) is 54.2 Å². The van der Waals surface area contributed by atoms with Gasteiger partial charge in [-0.15, -0.1) is 0 Å². The van der Waals surface area contributed by atoms with Crippen LogP contribution in [0.5, 0.6) is 0 Å². The van der Waals surface area contributed by atoms with Gasteiger partial charge in [0, 0.05) is 55.9 Å². The fourth-order valence-corrected chi connectivity index (χ4v) is 5.46. The summed E-state index contributed by atoms with van der Waals surface area (Å²) in [5.74, 6) is 0.0323. The number of anilines is 6. The van der Waals surface area contributed by atoms with Crippen LogP contribution in [-0.4, -0.2) is 59.8 Å². The van der Waals surface area contributed by atoms with Crippen molar-refractivity contribution in [3.8, 4) is 0 Å². The lowest BCUT2D eigenvalue weighted by Crippen LogP contribution is -2.44. The number of ketones is 1. The molecule has 1 aliphatic heterocycles. The quantitative estimate of drug-likeness (QED) is 0.174. The minimum atomic E-state index is -0.427. The normalized spacial score (nSPS) is 13.3. The third-order valence-electron chi connectivity index (χ3n) is 7.56. The number of allylic oxidation sites excluding steroid dienone is 1. The first-order valence-electron chi connectivity index (χ1n) is 14.5. The molecule has 1 amide bonds. The van der Waals surface area contributed by atoms with Crippen molar-refractivity contribution >= 4 is 57.8 Å². The van der Waals surface area contributed by atoms with Crippen molar-refractivity contribution in [1.82, 2.24) is 14.9 Å². The molecule has 1 aliphatic rings. The largest absolute Gasteiger partial charge is 0.369 e. The van der Waals surface area contributed by atoms with Crippen LogP contribution in [0.25, 0.3) is 0 Å². The van der Waals surface area contributed by atoms with Crippen LogP contribution in [0.4, 0.5) is 34.5 Å². The maximum Gasteiger partial charge on any atom is 0.261 e. The van der Waals surface area contributed by atoms with E-state index in [2.05, 4.69) is 56.5 Å². The number of benzene rings is 3. The summed E-state index contributed by atoms with van der Waals surface area (Å²) in [4.78, 5) is 39.7. The molecule has 1 fully saturated rings. The number of likely N-dealkylation sites (N-methyl/N-ethyl adjacent to an activating group) is 1. The monoisotopic (exact) mass is 609 g/mol. The van der Waals surface area contributed by atoms with Gasteiger partial charge in [-0.1, -0.05) is 42.4 Å². The first-order chi connectivity index (χ1) is 21.2. The molecule has 0 saturated carbocycles. The number of piperazine rings is 1. The van der Waals surface area contributed by atoms with Crippen LogP contribution in [0.3, 0.4) is 0 Å². The Labute approximate surface area is 263 Å². The third kappa shape index (κ3) is 7.42. The van der Waals surface area contributed by atoms with Crippen LogP contribution in [-0.2, 0) is 11.2 Å². The van der Waals surface area contributed by atoms with Gasteiger partial charge in [-0.25, -0.2) is 4.98 Å². The maximum absolute atomic E-state index is 13.6. The molecule has 0 bridgehead atoms. The lowest BCUT2D eigenvalue weighted by molar-refractivity contribution is -0.114. The van der Waals surface area contributed by atoms with Gasteiger partial charge in [-0.2, -0.15) is 4.98 Å². The van der Waals surface area contributed by atoms with E-state index in [4.69, 9.17) is 16.6 Å². The van der Waals surface area contributed by atoms with E-state index in [-0.39, 0.29) is 23.6 Å². The second-order valence-corrected chi connectivity index (χ2v) is 11.3. The number of rotatable bonds is 10. The minimum absolute atomic E-state index is 0.119. The number of nitrogens with zero attached hydrogens (tertiary/aromatic N) is 4. The zero-order chi connectivity index (χ0) is 31.2. The highest BCUT2D eigenvalue weighted by Gasteiger charge is 2.20. The Morgan fingerprint density at radius 1 is 1.00 bits per heavy atom. The zero-order valence-electron chi connectivity index (χ0n) is 25.2. The molecule has 0 unspecified atom stereocenters. The summed E-state index contributed by atoms with van der Waals surface area (Å²) in [6.45, 7) is 11.5. The van der Waals surface area contributed by atoms with Crippen LogP contribution < -0.4 is 20.9 Å². The number of hydrogen-bond acceptors (Lipinski definition) is 8. The predicted octanol–water partition coefficient (Wildman–Crippen LogP) is 6.54. The van der Waals surface area contributed by atoms with Gasteiger partial charge < -0.3 is 25.8 Å². The van der Waals surface area contributed by atoms with Crippen LogP contribution in [0.15, 0.2) is 79.5 Å². The van der Waals surface area contributed by atoms with E-state index < -0.39 is 5.91 Å². The second kappa shape index (κ2) is 13.7. The number of nitrogens with one attached hydrogen (secondary N) is 3. The van der Waals surface area contributed by atoms with Crippen molar-refractivity contribution in [3.05, 3.63) is 107 Å². The Balaban J connectivity index is 1.44. The van der Waals surface area contributed by atoms with Crippen LogP contribution >= 0.6 is 11.6 Å². The van der Waals surface area contributed by atoms with Crippen LogP contribution in [0.1, 0.15) is 27.0 Å². The minimum Gasteiger partial charge on any atom is -0.369 e. The van der Waals surface area contributed by atoms with Gasteiger partial charge >= 0.3 is 0 Å². The summed E-state index contributed by atoms with van der Waals surface area (Å²) in [6.07, 6.45) is 2.92.